The van der Waals surface area contributed by atoms with E-state index in [0.717, 1.165) is 25.7 Å². The van der Waals surface area contributed by atoms with Crippen LogP contribution in [0.1, 0.15) is 46.5 Å². The van der Waals surface area contributed by atoms with E-state index in [1.165, 1.54) is 13.8 Å². The summed E-state index contributed by atoms with van der Waals surface area (Å²) >= 11 is 0. The van der Waals surface area contributed by atoms with Crippen LogP contribution in [0.4, 0.5) is 0 Å². The van der Waals surface area contributed by atoms with Crippen LogP contribution in [-0.4, -0.2) is 28.4 Å². The van der Waals surface area contributed by atoms with Crippen LogP contribution in [0.2, 0.25) is 0 Å². The zero-order valence-corrected chi connectivity index (χ0v) is 10.2. The second kappa shape index (κ2) is 4.95. The summed E-state index contributed by atoms with van der Waals surface area (Å²) in [5, 5.41) is 12.3. The quantitative estimate of drug-likeness (QED) is 0.756. The molecule has 16 heavy (non-hydrogen) atoms. The highest BCUT2D eigenvalue weighted by Gasteiger charge is 2.29. The average molecular weight is 227 g/mol. The van der Waals surface area contributed by atoms with Gasteiger partial charge in [-0.3, -0.25) is 9.59 Å². The number of carbonyl (C=O) groups is 2. The number of hydrogen-bond donors (Lipinski definition) is 2. The lowest BCUT2D eigenvalue weighted by Crippen LogP contribution is -2.47. The van der Waals surface area contributed by atoms with Crippen LogP contribution >= 0.6 is 0 Å². The maximum absolute atomic E-state index is 11.5. The summed E-state index contributed by atoms with van der Waals surface area (Å²) in [6, 6.07) is 0.106. The van der Waals surface area contributed by atoms with Crippen LogP contribution in [0.25, 0.3) is 0 Å². The standard InChI is InChI=1S/C12H21NO3/c1-8(14)9-4-6-10(7-5-9)13-11(15)12(2,3)16/h9-10,16H,4-7H2,1-3H3,(H,13,15)/t9-,10-. The van der Waals surface area contributed by atoms with E-state index >= 15 is 0 Å². The number of amides is 1. The molecule has 4 nitrogen and oxygen atoms in total. The van der Waals surface area contributed by atoms with Crippen LogP contribution < -0.4 is 5.32 Å². The van der Waals surface area contributed by atoms with Crippen molar-refractivity contribution in [2.45, 2.75) is 58.1 Å². The first kappa shape index (κ1) is 13.2. The van der Waals surface area contributed by atoms with Crippen molar-refractivity contribution in [3.8, 4) is 0 Å². The van der Waals surface area contributed by atoms with Gasteiger partial charge in [0, 0.05) is 12.0 Å². The van der Waals surface area contributed by atoms with E-state index in [1.54, 1.807) is 6.92 Å². The van der Waals surface area contributed by atoms with E-state index < -0.39 is 5.60 Å². The highest BCUT2D eigenvalue weighted by Crippen LogP contribution is 2.25. The molecule has 1 fully saturated rings. The third-order valence-electron chi connectivity index (χ3n) is 3.19. The minimum absolute atomic E-state index is 0.106. The molecule has 0 aliphatic heterocycles. The number of hydrogen-bond acceptors (Lipinski definition) is 3. The minimum Gasteiger partial charge on any atom is -0.381 e. The summed E-state index contributed by atoms with van der Waals surface area (Å²) in [6.45, 7) is 4.58. The van der Waals surface area contributed by atoms with Gasteiger partial charge in [0.25, 0.3) is 5.91 Å². The molecule has 0 atom stereocenters. The van der Waals surface area contributed by atoms with Crippen molar-refractivity contribution < 1.29 is 14.7 Å². The molecule has 0 aromatic rings. The van der Waals surface area contributed by atoms with E-state index in [1.807, 2.05) is 0 Å². The Labute approximate surface area is 96.4 Å². The molecule has 1 rings (SSSR count). The Balaban J connectivity index is 2.38. The van der Waals surface area contributed by atoms with Gasteiger partial charge in [-0.2, -0.15) is 0 Å². The van der Waals surface area contributed by atoms with Crippen molar-refractivity contribution in [3.63, 3.8) is 0 Å². The van der Waals surface area contributed by atoms with E-state index in [0.29, 0.717) is 0 Å². The maximum atomic E-state index is 11.5. The molecule has 0 spiro atoms. The Morgan fingerprint density at radius 2 is 1.69 bits per heavy atom. The first-order chi connectivity index (χ1) is 7.30. The third kappa shape index (κ3) is 3.59. The van der Waals surface area contributed by atoms with Crippen LogP contribution in [-0.2, 0) is 9.59 Å². The fourth-order valence-corrected chi connectivity index (χ4v) is 2.01. The number of nitrogens with one attached hydrogen (secondary N) is 1. The topological polar surface area (TPSA) is 66.4 Å². The SMILES string of the molecule is CC(=O)[C@H]1CC[C@H](NC(=O)C(C)(C)O)CC1. The molecular weight excluding hydrogens is 206 g/mol. The Hall–Kier alpha value is -0.900. The highest BCUT2D eigenvalue weighted by molar-refractivity contribution is 5.84. The monoisotopic (exact) mass is 227 g/mol. The normalized spacial score (nSPS) is 26.2. The molecule has 1 amide bonds. The summed E-state index contributed by atoms with van der Waals surface area (Å²) in [5.41, 5.74) is -1.32. The molecule has 0 unspecified atom stereocenters. The lowest BCUT2D eigenvalue weighted by molar-refractivity contribution is -0.137. The number of carbonyl (C=O) groups excluding carboxylic acids is 2. The molecule has 4 heteroatoms. The Morgan fingerprint density at radius 1 is 1.19 bits per heavy atom. The van der Waals surface area contributed by atoms with Crippen molar-refractivity contribution in [2.24, 2.45) is 5.92 Å². The fraction of sp³-hybridized carbons (Fsp3) is 0.833. The van der Waals surface area contributed by atoms with Gasteiger partial charge in [0.15, 0.2) is 0 Å². The van der Waals surface area contributed by atoms with Gasteiger partial charge < -0.3 is 10.4 Å². The highest BCUT2D eigenvalue weighted by atomic mass is 16.3. The van der Waals surface area contributed by atoms with Crippen molar-refractivity contribution in [2.75, 3.05) is 0 Å². The summed E-state index contributed by atoms with van der Waals surface area (Å²) in [4.78, 5) is 22.7. The number of aliphatic hydroxyl groups is 1. The van der Waals surface area contributed by atoms with E-state index in [9.17, 15) is 14.7 Å². The molecule has 1 saturated carbocycles. The molecule has 0 bridgehead atoms. The zero-order chi connectivity index (χ0) is 12.3. The van der Waals surface area contributed by atoms with Gasteiger partial charge in [-0.1, -0.05) is 0 Å². The first-order valence-corrected chi connectivity index (χ1v) is 5.84. The summed E-state index contributed by atoms with van der Waals surface area (Å²) in [5.74, 6) is 0.0707. The zero-order valence-electron chi connectivity index (χ0n) is 10.2. The van der Waals surface area contributed by atoms with E-state index in [4.69, 9.17) is 0 Å². The summed E-state index contributed by atoms with van der Waals surface area (Å²) in [7, 11) is 0. The second-order valence-corrected chi connectivity index (χ2v) is 5.19. The number of Topliss-reactive ketones (excluding diaryl/α,β-unsaturated/α-hetero) is 1. The predicted molar refractivity (Wildman–Crippen MR) is 60.9 cm³/mol. The Morgan fingerprint density at radius 3 is 2.06 bits per heavy atom. The van der Waals surface area contributed by atoms with E-state index in [2.05, 4.69) is 5.32 Å². The smallest absolute Gasteiger partial charge is 0.251 e. The van der Waals surface area contributed by atoms with Crippen molar-refractivity contribution >= 4 is 11.7 Å². The molecule has 0 heterocycles. The Kier molecular flexibility index (Phi) is 4.08. The maximum Gasteiger partial charge on any atom is 0.251 e. The van der Waals surface area contributed by atoms with Gasteiger partial charge in [0.1, 0.15) is 11.4 Å². The van der Waals surface area contributed by atoms with Crippen molar-refractivity contribution in [1.82, 2.24) is 5.32 Å². The fourth-order valence-electron chi connectivity index (χ4n) is 2.01. The molecule has 0 saturated heterocycles. The van der Waals surface area contributed by atoms with Crippen molar-refractivity contribution in [1.29, 1.82) is 0 Å². The van der Waals surface area contributed by atoms with Crippen LogP contribution in [0.15, 0.2) is 0 Å². The number of ketones is 1. The van der Waals surface area contributed by atoms with Gasteiger partial charge in [-0.25, -0.2) is 0 Å². The predicted octanol–water partition coefficient (Wildman–Crippen LogP) is 1.02. The Bertz CT molecular complexity index is 272. The molecule has 0 aromatic heterocycles. The molecule has 92 valence electrons. The van der Waals surface area contributed by atoms with Crippen LogP contribution in [0.5, 0.6) is 0 Å². The molecule has 0 aromatic carbocycles. The molecule has 1 aliphatic carbocycles. The van der Waals surface area contributed by atoms with Crippen LogP contribution in [0, 0.1) is 5.92 Å². The summed E-state index contributed by atoms with van der Waals surface area (Å²) < 4.78 is 0. The second-order valence-electron chi connectivity index (χ2n) is 5.19. The first-order valence-electron chi connectivity index (χ1n) is 5.84. The van der Waals surface area contributed by atoms with Gasteiger partial charge in [0.2, 0.25) is 0 Å². The van der Waals surface area contributed by atoms with E-state index in [-0.39, 0.29) is 23.7 Å². The summed E-state index contributed by atoms with van der Waals surface area (Å²) in [6.07, 6.45) is 3.33. The molecule has 1 aliphatic rings. The van der Waals surface area contributed by atoms with Gasteiger partial charge >= 0.3 is 0 Å². The molecular formula is C12H21NO3. The largest absolute Gasteiger partial charge is 0.381 e. The van der Waals surface area contributed by atoms with Gasteiger partial charge in [0.05, 0.1) is 0 Å². The average Bonchev–Trinajstić information content (AvgIpc) is 2.17. The van der Waals surface area contributed by atoms with Crippen LogP contribution in [0.3, 0.4) is 0 Å². The van der Waals surface area contributed by atoms with Crippen molar-refractivity contribution in [3.05, 3.63) is 0 Å². The molecule has 2 N–H and O–H groups in total. The lowest BCUT2D eigenvalue weighted by atomic mass is 9.84. The van der Waals surface area contributed by atoms with Gasteiger partial charge in [-0.05, 0) is 46.5 Å². The molecule has 0 radical (unpaired) electrons. The lowest BCUT2D eigenvalue weighted by Gasteiger charge is -2.29. The third-order valence-corrected chi connectivity index (χ3v) is 3.19. The minimum atomic E-state index is -1.32. The van der Waals surface area contributed by atoms with Gasteiger partial charge in [-0.15, -0.1) is 0 Å². The number of rotatable bonds is 3.